The van der Waals surface area contributed by atoms with Crippen LogP contribution < -0.4 is 5.32 Å². The molecule has 3 aromatic rings. The zero-order valence-electron chi connectivity index (χ0n) is 15.0. The van der Waals surface area contributed by atoms with Gasteiger partial charge in [-0.05, 0) is 25.1 Å². The molecule has 1 N–H and O–H groups in total. The number of hydrogen-bond acceptors (Lipinski definition) is 6. The molecule has 0 fully saturated rings. The molecule has 0 unspecified atom stereocenters. The van der Waals surface area contributed by atoms with Gasteiger partial charge < -0.3 is 19.2 Å². The third-order valence-corrected chi connectivity index (χ3v) is 4.76. The topological polar surface area (TPSA) is 88.6 Å². The van der Waals surface area contributed by atoms with E-state index in [2.05, 4.69) is 10.5 Å². The first-order valence-electron chi connectivity index (χ1n) is 8.26. The fourth-order valence-electron chi connectivity index (χ4n) is 2.38. The molecule has 0 saturated carbocycles. The molecule has 0 radical (unpaired) electrons. The highest BCUT2D eigenvalue weighted by Crippen LogP contribution is 2.25. The number of furan rings is 1. The largest absolute Gasteiger partial charge is 0.459 e. The fourth-order valence-corrected chi connectivity index (χ4v) is 3.28. The van der Waals surface area contributed by atoms with Gasteiger partial charge in [0.05, 0.1) is 6.26 Å². The van der Waals surface area contributed by atoms with Gasteiger partial charge in [0.15, 0.2) is 11.6 Å². The minimum Gasteiger partial charge on any atom is -0.459 e. The number of nitrogens with zero attached hydrogens (tertiary/aromatic N) is 2. The molecular formula is C19H19N3O4S. The summed E-state index contributed by atoms with van der Waals surface area (Å²) in [6.07, 6.45) is 1.49. The molecule has 7 nitrogen and oxygen atoms in total. The highest BCUT2D eigenvalue weighted by atomic mass is 32.2. The number of aromatic nitrogens is 1. The fraction of sp³-hybridized carbons (Fsp3) is 0.211. The number of thioether (sulfide) groups is 1. The first-order valence-corrected chi connectivity index (χ1v) is 9.24. The van der Waals surface area contributed by atoms with Crippen molar-refractivity contribution in [2.24, 2.45) is 0 Å². The predicted octanol–water partition coefficient (Wildman–Crippen LogP) is 3.58. The molecule has 2 aromatic heterocycles. The molecule has 0 aliphatic rings. The van der Waals surface area contributed by atoms with E-state index < -0.39 is 0 Å². The lowest BCUT2D eigenvalue weighted by Crippen LogP contribution is -2.35. The van der Waals surface area contributed by atoms with E-state index in [1.165, 1.54) is 11.2 Å². The molecule has 2 amide bonds. The number of hydrogen-bond donors (Lipinski definition) is 1. The number of aryl methyl sites for hydroxylation is 1. The summed E-state index contributed by atoms with van der Waals surface area (Å²) < 4.78 is 10.3. The van der Waals surface area contributed by atoms with Crippen LogP contribution in [0.3, 0.4) is 0 Å². The molecule has 2 heterocycles. The van der Waals surface area contributed by atoms with Gasteiger partial charge >= 0.3 is 0 Å². The summed E-state index contributed by atoms with van der Waals surface area (Å²) in [6, 6.07) is 13.3. The van der Waals surface area contributed by atoms with Crippen LogP contribution in [0.25, 0.3) is 0 Å². The van der Waals surface area contributed by atoms with Crippen molar-refractivity contribution in [2.75, 3.05) is 18.9 Å². The van der Waals surface area contributed by atoms with Crippen LogP contribution in [0, 0.1) is 6.92 Å². The van der Waals surface area contributed by atoms with E-state index in [1.807, 2.05) is 30.3 Å². The Labute approximate surface area is 160 Å². The van der Waals surface area contributed by atoms with Crippen molar-refractivity contribution in [3.8, 4) is 0 Å². The summed E-state index contributed by atoms with van der Waals surface area (Å²) in [4.78, 5) is 27.1. The Morgan fingerprint density at radius 3 is 2.70 bits per heavy atom. The van der Waals surface area contributed by atoms with Crippen LogP contribution >= 0.6 is 11.8 Å². The number of benzene rings is 1. The maximum absolute atomic E-state index is 12.6. The normalized spacial score (nSPS) is 10.6. The molecule has 1 aromatic carbocycles. The molecule has 0 saturated heterocycles. The van der Waals surface area contributed by atoms with Crippen LogP contribution in [-0.2, 0) is 10.5 Å². The van der Waals surface area contributed by atoms with Crippen LogP contribution in [0.15, 0.2) is 62.6 Å². The minimum atomic E-state index is -0.370. The van der Waals surface area contributed by atoms with E-state index in [-0.39, 0.29) is 24.1 Å². The van der Waals surface area contributed by atoms with Gasteiger partial charge in [0, 0.05) is 29.3 Å². The van der Waals surface area contributed by atoms with E-state index in [1.54, 1.807) is 37.9 Å². The molecule has 0 atom stereocenters. The minimum absolute atomic E-state index is 0.128. The van der Waals surface area contributed by atoms with Crippen LogP contribution in [0.1, 0.15) is 21.9 Å². The summed E-state index contributed by atoms with van der Waals surface area (Å²) in [5, 5.41) is 6.28. The van der Waals surface area contributed by atoms with E-state index in [0.29, 0.717) is 17.3 Å². The Morgan fingerprint density at radius 1 is 1.22 bits per heavy atom. The van der Waals surface area contributed by atoms with Gasteiger partial charge in [-0.25, -0.2) is 0 Å². The number of rotatable bonds is 7. The lowest BCUT2D eigenvalue weighted by molar-refractivity contribution is -0.116. The van der Waals surface area contributed by atoms with E-state index in [0.717, 1.165) is 10.5 Å². The molecule has 3 rings (SSSR count). The monoisotopic (exact) mass is 385 g/mol. The van der Waals surface area contributed by atoms with Crippen molar-refractivity contribution in [3.05, 3.63) is 65.8 Å². The van der Waals surface area contributed by atoms with Gasteiger partial charge in [-0.2, -0.15) is 0 Å². The Morgan fingerprint density at radius 2 is 2.00 bits per heavy atom. The number of anilines is 1. The van der Waals surface area contributed by atoms with Gasteiger partial charge in [0.25, 0.3) is 5.91 Å². The van der Waals surface area contributed by atoms with Gasteiger partial charge in [-0.1, -0.05) is 23.4 Å². The first-order chi connectivity index (χ1) is 13.0. The average Bonchev–Trinajstić information content (AvgIpc) is 3.28. The summed E-state index contributed by atoms with van der Waals surface area (Å²) in [7, 11) is 1.55. The van der Waals surface area contributed by atoms with Crippen LogP contribution in [-0.4, -0.2) is 35.5 Å². The molecule has 0 bridgehead atoms. The molecule has 27 heavy (non-hydrogen) atoms. The van der Waals surface area contributed by atoms with Gasteiger partial charge in [-0.15, -0.1) is 11.8 Å². The van der Waals surface area contributed by atoms with Gasteiger partial charge in [-0.3, -0.25) is 9.59 Å². The highest BCUT2D eigenvalue weighted by molar-refractivity contribution is 7.98. The molecule has 0 spiro atoms. The first kappa shape index (κ1) is 18.8. The number of carbonyl (C=O) groups excluding carboxylic acids is 2. The van der Waals surface area contributed by atoms with Gasteiger partial charge in [0.1, 0.15) is 12.3 Å². The van der Waals surface area contributed by atoms with Crippen molar-refractivity contribution in [2.45, 2.75) is 17.6 Å². The summed E-state index contributed by atoms with van der Waals surface area (Å²) in [5.41, 5.74) is 0.785. The summed E-state index contributed by atoms with van der Waals surface area (Å²) >= 11 is 1.61. The molecule has 0 aliphatic carbocycles. The second-order valence-corrected chi connectivity index (χ2v) is 6.96. The summed E-state index contributed by atoms with van der Waals surface area (Å²) in [6.45, 7) is 1.60. The second-order valence-electron chi connectivity index (χ2n) is 5.91. The molecule has 8 heteroatoms. The molecular weight excluding hydrogens is 366 g/mol. The van der Waals surface area contributed by atoms with Crippen LogP contribution in [0.5, 0.6) is 0 Å². The second kappa shape index (κ2) is 8.59. The van der Waals surface area contributed by atoms with Crippen molar-refractivity contribution >= 4 is 29.4 Å². The number of amides is 2. The quantitative estimate of drug-likeness (QED) is 0.626. The lowest BCUT2D eigenvalue weighted by Gasteiger charge is -2.15. The maximum atomic E-state index is 12.6. The Bertz CT molecular complexity index is 920. The van der Waals surface area contributed by atoms with Crippen LogP contribution in [0.4, 0.5) is 5.82 Å². The Kier molecular flexibility index (Phi) is 5.97. The Balaban J connectivity index is 1.58. The van der Waals surface area contributed by atoms with Gasteiger partial charge in [0.2, 0.25) is 5.91 Å². The highest BCUT2D eigenvalue weighted by Gasteiger charge is 2.21. The van der Waals surface area contributed by atoms with E-state index in [9.17, 15) is 9.59 Å². The SMILES string of the molecule is Cc1cc(NC(=O)CN(C)C(=O)c2occc2CSc2ccccc2)no1. The number of nitrogens with one attached hydrogen (secondary N) is 1. The third kappa shape index (κ3) is 5.01. The number of carbonyl (C=O) groups is 2. The third-order valence-electron chi connectivity index (χ3n) is 3.70. The number of likely N-dealkylation sites (N-methyl/N-ethyl adjacent to an activating group) is 1. The summed E-state index contributed by atoms with van der Waals surface area (Å²) in [5.74, 6) is 1.02. The smallest absolute Gasteiger partial charge is 0.290 e. The Hall–Kier alpha value is -3.00. The van der Waals surface area contributed by atoms with Crippen molar-refractivity contribution in [3.63, 3.8) is 0 Å². The zero-order valence-corrected chi connectivity index (χ0v) is 15.8. The standard InChI is InChI=1S/C19H19N3O4S/c1-13-10-16(21-26-13)20-17(23)11-22(2)19(24)18-14(8-9-25-18)12-27-15-6-4-3-5-7-15/h3-10H,11-12H2,1-2H3,(H,20,21,23). The zero-order chi connectivity index (χ0) is 19.2. The maximum Gasteiger partial charge on any atom is 0.290 e. The van der Waals surface area contributed by atoms with Crippen molar-refractivity contribution in [1.82, 2.24) is 10.1 Å². The van der Waals surface area contributed by atoms with Crippen molar-refractivity contribution in [1.29, 1.82) is 0 Å². The lowest BCUT2D eigenvalue weighted by atomic mass is 10.2. The predicted molar refractivity (Wildman–Crippen MR) is 102 cm³/mol. The molecule has 0 aliphatic heterocycles. The van der Waals surface area contributed by atoms with E-state index in [4.69, 9.17) is 8.94 Å². The van der Waals surface area contributed by atoms with Crippen molar-refractivity contribution < 1.29 is 18.5 Å². The van der Waals surface area contributed by atoms with Crippen LogP contribution in [0.2, 0.25) is 0 Å². The average molecular weight is 385 g/mol. The molecule has 140 valence electrons. The van der Waals surface area contributed by atoms with E-state index >= 15 is 0 Å².